The number of nitrogens with zero attached hydrogens (tertiary/aromatic N) is 1. The lowest BCUT2D eigenvalue weighted by molar-refractivity contribution is -0.123. The monoisotopic (exact) mass is 447 g/mol. The predicted molar refractivity (Wildman–Crippen MR) is 119 cm³/mol. The van der Waals surface area contributed by atoms with Crippen LogP contribution in [-0.4, -0.2) is 16.8 Å². The van der Waals surface area contributed by atoms with Crippen molar-refractivity contribution < 1.29 is 18.4 Å². The lowest BCUT2D eigenvalue weighted by Gasteiger charge is -2.17. The summed E-state index contributed by atoms with van der Waals surface area (Å²) in [6, 6.07) is 15.8. The molecular formula is C26H23F2N3O2. The molecule has 2 aromatic carbocycles. The lowest BCUT2D eigenvalue weighted by atomic mass is 9.94. The lowest BCUT2D eigenvalue weighted by Crippen LogP contribution is -2.34. The van der Waals surface area contributed by atoms with Gasteiger partial charge in [0.1, 0.15) is 17.5 Å². The van der Waals surface area contributed by atoms with Gasteiger partial charge < -0.3 is 10.6 Å². The summed E-state index contributed by atoms with van der Waals surface area (Å²) in [7, 11) is 0. The van der Waals surface area contributed by atoms with Gasteiger partial charge in [-0.15, -0.1) is 0 Å². The fourth-order valence-corrected chi connectivity index (χ4v) is 4.36. The Balaban J connectivity index is 1.24. The molecule has 2 amide bonds. The summed E-state index contributed by atoms with van der Waals surface area (Å²) in [5.74, 6) is -0.703. The number of carbonyl (C=O) groups is 2. The number of benzene rings is 2. The largest absolute Gasteiger partial charge is 0.351 e. The van der Waals surface area contributed by atoms with Crippen molar-refractivity contribution in [1.29, 1.82) is 0 Å². The van der Waals surface area contributed by atoms with Gasteiger partial charge in [-0.1, -0.05) is 24.3 Å². The first kappa shape index (κ1) is 21.2. The quantitative estimate of drug-likeness (QED) is 0.565. The fraction of sp³-hybridized carbons (Fsp3) is 0.269. The maximum Gasteiger partial charge on any atom is 0.236 e. The molecule has 5 rings (SSSR count). The number of anilines is 1. The van der Waals surface area contributed by atoms with Crippen LogP contribution in [0, 0.1) is 11.6 Å². The average Bonchev–Trinajstić information content (AvgIpc) is 3.72. The zero-order valence-electron chi connectivity index (χ0n) is 17.9. The number of amides is 2. The molecule has 3 aromatic rings. The highest BCUT2D eigenvalue weighted by atomic mass is 19.1. The number of nitrogens with one attached hydrogen (secondary N) is 2. The summed E-state index contributed by atoms with van der Waals surface area (Å²) >= 11 is 0. The molecule has 0 bridgehead atoms. The molecule has 0 saturated heterocycles. The highest BCUT2D eigenvalue weighted by molar-refractivity contribution is 6.00. The Morgan fingerprint density at radius 3 is 1.94 bits per heavy atom. The van der Waals surface area contributed by atoms with Crippen LogP contribution in [0.25, 0.3) is 0 Å². The molecule has 33 heavy (non-hydrogen) atoms. The molecule has 1 heterocycles. The normalized spacial score (nSPS) is 17.2. The molecule has 0 radical (unpaired) electrons. The minimum atomic E-state index is -0.725. The number of carbonyl (C=O) groups excluding carboxylic acids is 2. The maximum absolute atomic E-state index is 13.6. The topological polar surface area (TPSA) is 71.1 Å². The molecule has 2 aliphatic rings. The molecular weight excluding hydrogens is 424 g/mol. The number of aromatic nitrogens is 1. The van der Waals surface area contributed by atoms with Gasteiger partial charge in [-0.05, 0) is 78.8 Å². The summed E-state index contributed by atoms with van der Waals surface area (Å²) in [6.07, 6.45) is 4.24. The molecule has 168 valence electrons. The van der Waals surface area contributed by atoms with Crippen LogP contribution in [-0.2, 0) is 27.0 Å². The number of hydrogen-bond acceptors (Lipinski definition) is 3. The molecule has 2 fully saturated rings. The van der Waals surface area contributed by atoms with E-state index in [1.807, 2.05) is 0 Å². The van der Waals surface area contributed by atoms with E-state index in [0.717, 1.165) is 5.56 Å². The van der Waals surface area contributed by atoms with Gasteiger partial charge >= 0.3 is 0 Å². The van der Waals surface area contributed by atoms with E-state index in [4.69, 9.17) is 0 Å². The smallest absolute Gasteiger partial charge is 0.236 e. The molecule has 0 atom stereocenters. The van der Waals surface area contributed by atoms with Gasteiger partial charge in [-0.2, -0.15) is 0 Å². The molecule has 2 N–H and O–H groups in total. The van der Waals surface area contributed by atoms with Gasteiger partial charge in [0.05, 0.1) is 10.8 Å². The first-order valence-electron chi connectivity index (χ1n) is 11.0. The third-order valence-corrected chi connectivity index (χ3v) is 6.64. The highest BCUT2D eigenvalue weighted by Gasteiger charge is 2.52. The summed E-state index contributed by atoms with van der Waals surface area (Å²) in [5.41, 5.74) is 0.733. The van der Waals surface area contributed by atoms with Crippen molar-refractivity contribution in [3.05, 3.63) is 95.2 Å². The Hall–Kier alpha value is -3.61. The van der Waals surface area contributed by atoms with Crippen LogP contribution in [0.3, 0.4) is 0 Å². The van der Waals surface area contributed by atoms with Gasteiger partial charge in [-0.3, -0.25) is 9.59 Å². The van der Waals surface area contributed by atoms with Crippen LogP contribution < -0.4 is 10.6 Å². The van der Waals surface area contributed by atoms with Gasteiger partial charge in [0.15, 0.2) is 0 Å². The van der Waals surface area contributed by atoms with Crippen molar-refractivity contribution in [2.75, 3.05) is 5.32 Å². The van der Waals surface area contributed by atoms with E-state index < -0.39 is 10.8 Å². The highest BCUT2D eigenvalue weighted by Crippen LogP contribution is 2.49. The first-order valence-corrected chi connectivity index (χ1v) is 11.0. The summed E-state index contributed by atoms with van der Waals surface area (Å²) in [6.45, 7) is 0.260. The van der Waals surface area contributed by atoms with Gasteiger partial charge in [-0.25, -0.2) is 13.8 Å². The van der Waals surface area contributed by atoms with E-state index in [2.05, 4.69) is 15.6 Å². The zero-order valence-corrected chi connectivity index (χ0v) is 17.9. The van der Waals surface area contributed by atoms with Crippen molar-refractivity contribution in [3.63, 3.8) is 0 Å². The molecule has 2 aliphatic carbocycles. The number of hydrogen-bond donors (Lipinski definition) is 2. The number of rotatable bonds is 7. The van der Waals surface area contributed by atoms with E-state index in [-0.39, 0.29) is 30.0 Å². The number of pyridine rings is 1. The number of halogens is 2. The van der Waals surface area contributed by atoms with Crippen molar-refractivity contribution >= 4 is 17.6 Å². The minimum absolute atomic E-state index is 0.140. The average molecular weight is 447 g/mol. The van der Waals surface area contributed by atoms with Crippen LogP contribution in [0.5, 0.6) is 0 Å². The second-order valence-corrected chi connectivity index (χ2v) is 8.87. The Morgan fingerprint density at radius 2 is 1.39 bits per heavy atom. The van der Waals surface area contributed by atoms with Crippen molar-refractivity contribution in [1.82, 2.24) is 10.3 Å². The third-order valence-electron chi connectivity index (χ3n) is 6.64. The second kappa shape index (κ2) is 8.06. The van der Waals surface area contributed by atoms with E-state index in [9.17, 15) is 18.4 Å². The molecule has 0 spiro atoms. The van der Waals surface area contributed by atoms with Crippen LogP contribution >= 0.6 is 0 Å². The van der Waals surface area contributed by atoms with Crippen molar-refractivity contribution in [2.24, 2.45) is 0 Å². The fourth-order valence-electron chi connectivity index (χ4n) is 4.36. The van der Waals surface area contributed by atoms with Crippen molar-refractivity contribution in [2.45, 2.75) is 43.1 Å². The van der Waals surface area contributed by atoms with Crippen molar-refractivity contribution in [3.8, 4) is 0 Å². The molecule has 0 unspecified atom stereocenters. The summed E-state index contributed by atoms with van der Waals surface area (Å²) in [4.78, 5) is 30.0. The van der Waals surface area contributed by atoms with Crippen LogP contribution in [0.1, 0.15) is 42.4 Å². The SMILES string of the molecule is O=C(NCc1ccnc(NC(=O)C2(c3cccc(F)c3)CC2)c1)C1(c2cccc(F)c2)CC1. The van der Waals surface area contributed by atoms with E-state index in [0.29, 0.717) is 42.6 Å². The standard InChI is InChI=1S/C26H23F2N3O2/c27-20-5-1-3-18(14-20)25(8-9-25)23(32)30-16-17-7-12-29-22(13-17)31-24(33)26(10-11-26)19-4-2-6-21(28)15-19/h1-7,12-15H,8-11,16H2,(H,30,32)(H,29,31,33). The third kappa shape index (κ3) is 4.11. The minimum Gasteiger partial charge on any atom is -0.351 e. The molecule has 1 aromatic heterocycles. The molecule has 7 heteroatoms. The van der Waals surface area contributed by atoms with Crippen LogP contribution in [0.4, 0.5) is 14.6 Å². The Kier molecular flexibility index (Phi) is 5.19. The van der Waals surface area contributed by atoms with Gasteiger partial charge in [0, 0.05) is 12.7 Å². The van der Waals surface area contributed by atoms with Gasteiger partial charge in [0.2, 0.25) is 11.8 Å². The van der Waals surface area contributed by atoms with Crippen LogP contribution in [0.2, 0.25) is 0 Å². The first-order chi connectivity index (χ1) is 15.9. The summed E-state index contributed by atoms with van der Waals surface area (Å²) < 4.78 is 27.3. The van der Waals surface area contributed by atoms with Crippen LogP contribution in [0.15, 0.2) is 66.9 Å². The Bertz CT molecular complexity index is 1240. The molecule has 5 nitrogen and oxygen atoms in total. The van der Waals surface area contributed by atoms with E-state index >= 15 is 0 Å². The van der Waals surface area contributed by atoms with Gasteiger partial charge in [0.25, 0.3) is 0 Å². The summed E-state index contributed by atoms with van der Waals surface area (Å²) in [5, 5.41) is 5.77. The van der Waals surface area contributed by atoms with E-state index in [1.54, 1.807) is 42.6 Å². The Morgan fingerprint density at radius 1 is 0.818 bits per heavy atom. The Labute approximate surface area is 190 Å². The second-order valence-electron chi connectivity index (χ2n) is 8.87. The maximum atomic E-state index is 13.6. The predicted octanol–water partition coefficient (Wildman–Crippen LogP) is 4.38. The van der Waals surface area contributed by atoms with E-state index in [1.165, 1.54) is 24.3 Å². The zero-order chi connectivity index (χ0) is 23.1. The molecule has 0 aliphatic heterocycles. The molecule has 2 saturated carbocycles.